The zero-order valence-electron chi connectivity index (χ0n) is 13.5. The van der Waals surface area contributed by atoms with Gasteiger partial charge in [-0.3, -0.25) is 0 Å². The van der Waals surface area contributed by atoms with Crippen LogP contribution in [0.25, 0.3) is 11.1 Å². The first-order valence-corrected chi connectivity index (χ1v) is 10.9. The van der Waals surface area contributed by atoms with E-state index in [0.717, 1.165) is 35.5 Å². The summed E-state index contributed by atoms with van der Waals surface area (Å²) >= 11 is 1.98. The molecule has 0 radical (unpaired) electrons. The van der Waals surface area contributed by atoms with Crippen LogP contribution in [0.1, 0.15) is 12.8 Å². The normalized spacial score (nSPS) is 20.7. The molecule has 2 saturated heterocycles. The third-order valence-electron chi connectivity index (χ3n) is 5.17. The largest absolute Gasteiger partial charge is 0.243 e. The lowest BCUT2D eigenvalue weighted by molar-refractivity contribution is 0.0611. The van der Waals surface area contributed by atoms with Crippen LogP contribution in [-0.2, 0) is 10.0 Å². The minimum Gasteiger partial charge on any atom is -0.207 e. The number of benzene rings is 2. The maximum absolute atomic E-state index is 13.2. The molecule has 1 spiro atoms. The van der Waals surface area contributed by atoms with Crippen molar-refractivity contribution in [2.24, 2.45) is 5.41 Å². The molecule has 0 unspecified atom stereocenters. The summed E-state index contributed by atoms with van der Waals surface area (Å²) in [6.07, 6.45) is 2.29. The maximum atomic E-state index is 13.2. The van der Waals surface area contributed by atoms with Gasteiger partial charge in [-0.2, -0.15) is 16.1 Å². The Kier molecular flexibility index (Phi) is 4.19. The third kappa shape index (κ3) is 2.79. The molecule has 0 aromatic heterocycles. The fraction of sp³-hybridized carbons (Fsp3) is 0.368. The van der Waals surface area contributed by atoms with Crippen molar-refractivity contribution < 1.29 is 8.42 Å². The van der Waals surface area contributed by atoms with E-state index in [0.29, 0.717) is 18.0 Å². The van der Waals surface area contributed by atoms with Crippen LogP contribution in [0, 0.1) is 5.41 Å². The molecule has 0 amide bonds. The smallest absolute Gasteiger partial charge is 0.207 e. The van der Waals surface area contributed by atoms with Crippen LogP contribution in [0.4, 0.5) is 0 Å². The van der Waals surface area contributed by atoms with Gasteiger partial charge in [0, 0.05) is 18.7 Å². The van der Waals surface area contributed by atoms with Gasteiger partial charge in [-0.05, 0) is 41.4 Å². The molecule has 2 aliphatic heterocycles. The fourth-order valence-electron chi connectivity index (χ4n) is 3.68. The molecular weight excluding hydrogens is 338 g/mol. The van der Waals surface area contributed by atoms with E-state index < -0.39 is 10.0 Å². The number of thioether (sulfide) groups is 1. The summed E-state index contributed by atoms with van der Waals surface area (Å²) in [4.78, 5) is 0.427. The Bertz CT molecular complexity index is 819. The van der Waals surface area contributed by atoms with E-state index in [4.69, 9.17) is 0 Å². The molecule has 0 atom stereocenters. The third-order valence-corrected chi connectivity index (χ3v) is 8.00. The van der Waals surface area contributed by atoms with Gasteiger partial charge in [0.15, 0.2) is 0 Å². The van der Waals surface area contributed by atoms with Gasteiger partial charge in [-0.1, -0.05) is 48.5 Å². The molecule has 2 aromatic rings. The van der Waals surface area contributed by atoms with E-state index in [2.05, 4.69) is 0 Å². The van der Waals surface area contributed by atoms with Gasteiger partial charge in [-0.15, -0.1) is 0 Å². The van der Waals surface area contributed by atoms with Crippen LogP contribution in [0.5, 0.6) is 0 Å². The average Bonchev–Trinajstić information content (AvgIpc) is 2.61. The van der Waals surface area contributed by atoms with Gasteiger partial charge < -0.3 is 0 Å². The van der Waals surface area contributed by atoms with Crippen LogP contribution >= 0.6 is 11.8 Å². The second kappa shape index (κ2) is 6.21. The zero-order valence-corrected chi connectivity index (χ0v) is 15.2. The highest BCUT2D eigenvalue weighted by Crippen LogP contribution is 2.45. The fourth-order valence-corrected chi connectivity index (χ4v) is 6.92. The average molecular weight is 360 g/mol. The van der Waals surface area contributed by atoms with E-state index in [1.807, 2.05) is 60.3 Å². The van der Waals surface area contributed by atoms with Crippen molar-refractivity contribution in [2.45, 2.75) is 17.7 Å². The van der Waals surface area contributed by atoms with Crippen molar-refractivity contribution in [3.05, 3.63) is 54.6 Å². The predicted molar refractivity (Wildman–Crippen MR) is 99.6 cm³/mol. The SMILES string of the molecule is O=S(=O)(c1ccccc1-c1ccccc1)N1CC2(CCSCC2)C1. The Hall–Kier alpha value is -1.30. The minimum absolute atomic E-state index is 0.236. The number of rotatable bonds is 3. The molecule has 2 aromatic carbocycles. The summed E-state index contributed by atoms with van der Waals surface area (Å²) in [5.41, 5.74) is 1.97. The van der Waals surface area contributed by atoms with Crippen LogP contribution in [-0.4, -0.2) is 37.3 Å². The molecule has 4 rings (SSSR count). The molecule has 0 saturated carbocycles. The van der Waals surface area contributed by atoms with Gasteiger partial charge in [-0.25, -0.2) is 8.42 Å². The predicted octanol–water partition coefficient (Wildman–Crippen LogP) is 3.87. The Balaban J connectivity index is 1.64. The molecule has 5 heteroatoms. The van der Waals surface area contributed by atoms with Gasteiger partial charge in [0.25, 0.3) is 0 Å². The second-order valence-corrected chi connectivity index (χ2v) is 9.88. The van der Waals surface area contributed by atoms with E-state index in [1.54, 1.807) is 10.4 Å². The summed E-state index contributed by atoms with van der Waals surface area (Å²) in [6.45, 7) is 1.36. The first-order chi connectivity index (χ1) is 11.6. The monoisotopic (exact) mass is 359 g/mol. The van der Waals surface area contributed by atoms with Crippen molar-refractivity contribution in [3.8, 4) is 11.1 Å². The first kappa shape index (κ1) is 16.2. The van der Waals surface area contributed by atoms with Crippen molar-refractivity contribution >= 4 is 21.8 Å². The minimum atomic E-state index is -3.43. The van der Waals surface area contributed by atoms with Crippen molar-refractivity contribution in [3.63, 3.8) is 0 Å². The van der Waals surface area contributed by atoms with Crippen LogP contribution < -0.4 is 0 Å². The van der Waals surface area contributed by atoms with Crippen molar-refractivity contribution in [1.82, 2.24) is 4.31 Å². The molecule has 2 fully saturated rings. The number of hydrogen-bond donors (Lipinski definition) is 0. The summed E-state index contributed by atoms with van der Waals surface area (Å²) < 4.78 is 28.0. The first-order valence-electron chi connectivity index (χ1n) is 8.33. The quantitative estimate of drug-likeness (QED) is 0.835. The van der Waals surface area contributed by atoms with Gasteiger partial charge >= 0.3 is 0 Å². The van der Waals surface area contributed by atoms with Gasteiger partial charge in [0.05, 0.1) is 4.90 Å². The zero-order chi connectivity index (χ0) is 16.6. The van der Waals surface area contributed by atoms with E-state index in [-0.39, 0.29) is 5.41 Å². The van der Waals surface area contributed by atoms with E-state index >= 15 is 0 Å². The van der Waals surface area contributed by atoms with Crippen molar-refractivity contribution in [1.29, 1.82) is 0 Å². The summed E-state index contributed by atoms with van der Waals surface area (Å²) in [7, 11) is -3.43. The molecule has 0 aliphatic carbocycles. The second-order valence-electron chi connectivity index (χ2n) is 6.75. The Morgan fingerprint density at radius 2 is 1.50 bits per heavy atom. The molecule has 0 bridgehead atoms. The number of nitrogens with zero attached hydrogens (tertiary/aromatic N) is 1. The number of hydrogen-bond acceptors (Lipinski definition) is 3. The maximum Gasteiger partial charge on any atom is 0.243 e. The lowest BCUT2D eigenvalue weighted by Crippen LogP contribution is -2.59. The molecule has 2 heterocycles. The molecular formula is C19H21NO2S2. The highest BCUT2D eigenvalue weighted by atomic mass is 32.2. The molecule has 126 valence electrons. The Labute approximate surface area is 148 Å². The van der Waals surface area contributed by atoms with Crippen molar-refractivity contribution in [2.75, 3.05) is 24.6 Å². The van der Waals surface area contributed by atoms with Crippen LogP contribution in [0.3, 0.4) is 0 Å². The van der Waals surface area contributed by atoms with Gasteiger partial charge in [0.1, 0.15) is 0 Å². The standard InChI is InChI=1S/C19H21NO2S2/c21-24(22,20-14-19(15-20)10-12-23-13-11-19)18-9-5-4-8-17(18)16-6-2-1-3-7-16/h1-9H,10-15H2. The van der Waals surface area contributed by atoms with Crippen LogP contribution in [0.15, 0.2) is 59.5 Å². The van der Waals surface area contributed by atoms with E-state index in [9.17, 15) is 8.42 Å². The topological polar surface area (TPSA) is 37.4 Å². The molecule has 3 nitrogen and oxygen atoms in total. The highest BCUT2D eigenvalue weighted by molar-refractivity contribution is 7.99. The Morgan fingerprint density at radius 3 is 2.21 bits per heavy atom. The summed E-state index contributed by atoms with van der Waals surface area (Å²) in [5.74, 6) is 2.32. The molecule has 0 N–H and O–H groups in total. The lowest BCUT2D eigenvalue weighted by Gasteiger charge is -2.51. The highest BCUT2D eigenvalue weighted by Gasteiger charge is 2.48. The lowest BCUT2D eigenvalue weighted by atomic mass is 9.76. The summed E-state index contributed by atoms with van der Waals surface area (Å²) in [5, 5.41) is 0. The summed E-state index contributed by atoms with van der Waals surface area (Å²) in [6, 6.07) is 17.1. The van der Waals surface area contributed by atoms with E-state index in [1.165, 1.54) is 0 Å². The van der Waals surface area contributed by atoms with Crippen LogP contribution in [0.2, 0.25) is 0 Å². The molecule has 2 aliphatic rings. The Morgan fingerprint density at radius 1 is 0.875 bits per heavy atom. The van der Waals surface area contributed by atoms with Gasteiger partial charge in [0.2, 0.25) is 10.0 Å². The molecule has 24 heavy (non-hydrogen) atoms. The number of sulfonamides is 1.